The smallest absolute Gasteiger partial charge is 0.190 e. The van der Waals surface area contributed by atoms with Gasteiger partial charge >= 0.3 is 0 Å². The van der Waals surface area contributed by atoms with Crippen LogP contribution in [0.1, 0.15) is 5.69 Å². The molecule has 0 amide bonds. The predicted molar refractivity (Wildman–Crippen MR) is 105 cm³/mol. The Kier molecular flexibility index (Phi) is 5.00. The summed E-state index contributed by atoms with van der Waals surface area (Å²) in [4.78, 5) is 10.1. The van der Waals surface area contributed by atoms with E-state index < -0.39 is 0 Å². The average molecular weight is 382 g/mol. The third-order valence-corrected chi connectivity index (χ3v) is 5.02. The summed E-state index contributed by atoms with van der Waals surface area (Å²) in [6.45, 7) is 0.760. The van der Waals surface area contributed by atoms with E-state index >= 15 is 0 Å². The largest absolute Gasteiger partial charge is 0.463 e. The number of hydrogen-bond donors (Lipinski definition) is 0. The van der Waals surface area contributed by atoms with E-state index in [1.807, 2.05) is 60.8 Å². The van der Waals surface area contributed by atoms with E-state index in [9.17, 15) is 0 Å². The van der Waals surface area contributed by atoms with Crippen molar-refractivity contribution >= 4 is 28.6 Å². The van der Waals surface area contributed by atoms with E-state index in [4.69, 9.17) is 21.0 Å². The van der Waals surface area contributed by atoms with Crippen molar-refractivity contribution in [2.75, 3.05) is 0 Å². The molecule has 0 fully saturated rings. The Morgan fingerprint density at radius 1 is 1.12 bits per heavy atom. The Bertz CT molecular complexity index is 1050. The third kappa shape index (κ3) is 3.79. The fourth-order valence-electron chi connectivity index (χ4n) is 2.69. The first-order valence-electron chi connectivity index (χ1n) is 8.22. The number of thiazole rings is 1. The highest BCUT2D eigenvalue weighted by Gasteiger charge is 2.11. The summed E-state index contributed by atoms with van der Waals surface area (Å²) < 4.78 is 7.77. The van der Waals surface area contributed by atoms with Gasteiger partial charge in [-0.1, -0.05) is 23.7 Å². The molecule has 0 aliphatic carbocycles. The molecule has 6 heteroatoms. The molecule has 0 aliphatic heterocycles. The first-order chi connectivity index (χ1) is 12.8. The summed E-state index contributed by atoms with van der Waals surface area (Å²) >= 11 is 7.67. The van der Waals surface area contributed by atoms with E-state index in [1.165, 1.54) is 0 Å². The lowest BCUT2D eigenvalue weighted by molar-refractivity contribution is 0.568. The standard InChI is InChI=1S/C20H16ClN3OS/c21-15-5-3-7-17(13-15)23-20-24(11-9-16-6-1-2-10-22-16)18(14-26-20)19-8-4-12-25-19/h1-8,10,12-14H,9,11H2. The maximum atomic E-state index is 6.09. The number of halogens is 1. The number of aromatic nitrogens is 2. The van der Waals surface area contributed by atoms with E-state index in [1.54, 1.807) is 17.6 Å². The summed E-state index contributed by atoms with van der Waals surface area (Å²) in [5.74, 6) is 0.829. The highest BCUT2D eigenvalue weighted by atomic mass is 35.5. The lowest BCUT2D eigenvalue weighted by atomic mass is 10.2. The zero-order valence-corrected chi connectivity index (χ0v) is 15.5. The molecule has 4 aromatic rings. The van der Waals surface area contributed by atoms with Gasteiger partial charge in [-0.05, 0) is 42.5 Å². The zero-order chi connectivity index (χ0) is 17.8. The minimum atomic E-state index is 0.675. The van der Waals surface area contributed by atoms with E-state index in [0.717, 1.165) is 40.6 Å². The van der Waals surface area contributed by atoms with Crippen LogP contribution in [0.3, 0.4) is 0 Å². The summed E-state index contributed by atoms with van der Waals surface area (Å²) in [6, 6.07) is 17.4. The van der Waals surface area contributed by atoms with Crippen molar-refractivity contribution in [3.05, 3.63) is 88.0 Å². The number of rotatable bonds is 5. The van der Waals surface area contributed by atoms with Crippen LogP contribution in [-0.4, -0.2) is 9.55 Å². The molecule has 130 valence electrons. The van der Waals surface area contributed by atoms with Gasteiger partial charge in [-0.25, -0.2) is 4.99 Å². The van der Waals surface area contributed by atoms with Gasteiger partial charge in [0.25, 0.3) is 0 Å². The normalized spacial score (nSPS) is 11.8. The summed E-state index contributed by atoms with van der Waals surface area (Å²) in [5, 5.41) is 2.75. The first-order valence-corrected chi connectivity index (χ1v) is 9.48. The quantitative estimate of drug-likeness (QED) is 0.468. The molecule has 0 saturated heterocycles. The Hall–Kier alpha value is -2.63. The number of nitrogens with zero attached hydrogens (tertiary/aromatic N) is 3. The Balaban J connectivity index is 1.74. The summed E-state index contributed by atoms with van der Waals surface area (Å²) in [5.41, 5.74) is 2.89. The maximum Gasteiger partial charge on any atom is 0.190 e. The number of benzene rings is 1. The van der Waals surface area contributed by atoms with Crippen LogP contribution in [0.4, 0.5) is 5.69 Å². The molecular formula is C20H16ClN3OS. The van der Waals surface area contributed by atoms with Gasteiger partial charge in [0.1, 0.15) is 0 Å². The number of furan rings is 1. The zero-order valence-electron chi connectivity index (χ0n) is 13.9. The van der Waals surface area contributed by atoms with Gasteiger partial charge in [0.15, 0.2) is 10.6 Å². The molecule has 0 bridgehead atoms. The number of pyridine rings is 1. The molecule has 0 N–H and O–H groups in total. The van der Waals surface area contributed by atoms with Crippen LogP contribution in [0.2, 0.25) is 5.02 Å². The number of aryl methyl sites for hydroxylation is 1. The van der Waals surface area contributed by atoms with E-state index in [-0.39, 0.29) is 0 Å². The van der Waals surface area contributed by atoms with Gasteiger partial charge in [0.2, 0.25) is 0 Å². The monoisotopic (exact) mass is 381 g/mol. The van der Waals surface area contributed by atoms with E-state index in [2.05, 4.69) is 14.9 Å². The second-order valence-corrected chi connectivity index (χ2v) is 6.97. The molecule has 1 aromatic carbocycles. The SMILES string of the molecule is Clc1cccc(N=c2scc(-c3ccco3)n2CCc2ccccn2)c1. The van der Waals surface area contributed by atoms with Crippen LogP contribution >= 0.6 is 22.9 Å². The van der Waals surface area contributed by atoms with Crippen molar-refractivity contribution in [3.8, 4) is 11.5 Å². The summed E-state index contributed by atoms with van der Waals surface area (Å²) in [6.07, 6.45) is 4.32. The molecular weight excluding hydrogens is 366 g/mol. The van der Waals surface area contributed by atoms with Crippen molar-refractivity contribution in [1.29, 1.82) is 0 Å². The molecule has 0 radical (unpaired) electrons. The van der Waals surface area contributed by atoms with Crippen molar-refractivity contribution in [2.24, 2.45) is 4.99 Å². The molecule has 4 rings (SSSR count). The van der Waals surface area contributed by atoms with Gasteiger partial charge in [-0.3, -0.25) is 4.98 Å². The van der Waals surface area contributed by atoms with Crippen LogP contribution in [0.15, 0.2) is 81.8 Å². The Labute approximate surface area is 160 Å². The van der Waals surface area contributed by atoms with Crippen LogP contribution in [0.5, 0.6) is 0 Å². The predicted octanol–water partition coefficient (Wildman–Crippen LogP) is 5.33. The van der Waals surface area contributed by atoms with Gasteiger partial charge in [-0.15, -0.1) is 11.3 Å². The van der Waals surface area contributed by atoms with Crippen molar-refractivity contribution in [2.45, 2.75) is 13.0 Å². The second kappa shape index (κ2) is 7.72. The van der Waals surface area contributed by atoms with E-state index in [0.29, 0.717) is 5.02 Å². The molecule has 3 heterocycles. The van der Waals surface area contributed by atoms with Crippen molar-refractivity contribution in [3.63, 3.8) is 0 Å². The molecule has 0 spiro atoms. The lowest BCUT2D eigenvalue weighted by Crippen LogP contribution is -2.17. The molecule has 0 saturated carbocycles. The molecule has 0 aliphatic rings. The first kappa shape index (κ1) is 16.8. The van der Waals surface area contributed by atoms with Gasteiger partial charge in [-0.2, -0.15) is 0 Å². The maximum absolute atomic E-state index is 6.09. The highest BCUT2D eigenvalue weighted by Crippen LogP contribution is 2.22. The molecule has 26 heavy (non-hydrogen) atoms. The molecule has 0 unspecified atom stereocenters. The minimum absolute atomic E-state index is 0.675. The van der Waals surface area contributed by atoms with Crippen LogP contribution in [0.25, 0.3) is 11.5 Å². The second-order valence-electron chi connectivity index (χ2n) is 5.70. The van der Waals surface area contributed by atoms with Gasteiger partial charge in [0, 0.05) is 35.3 Å². The van der Waals surface area contributed by atoms with Gasteiger partial charge in [0.05, 0.1) is 17.6 Å². The fraction of sp³-hybridized carbons (Fsp3) is 0.100. The van der Waals surface area contributed by atoms with Crippen LogP contribution in [0, 0.1) is 0 Å². The average Bonchev–Trinajstić information content (AvgIpc) is 3.31. The molecule has 0 atom stereocenters. The lowest BCUT2D eigenvalue weighted by Gasteiger charge is -2.07. The third-order valence-electron chi connectivity index (χ3n) is 3.92. The minimum Gasteiger partial charge on any atom is -0.463 e. The highest BCUT2D eigenvalue weighted by molar-refractivity contribution is 7.07. The van der Waals surface area contributed by atoms with Crippen LogP contribution < -0.4 is 4.80 Å². The van der Waals surface area contributed by atoms with Crippen LogP contribution in [-0.2, 0) is 13.0 Å². The number of hydrogen-bond acceptors (Lipinski definition) is 4. The Morgan fingerprint density at radius 2 is 2.08 bits per heavy atom. The fourth-order valence-corrected chi connectivity index (χ4v) is 3.81. The topological polar surface area (TPSA) is 43.3 Å². The Morgan fingerprint density at radius 3 is 2.85 bits per heavy atom. The summed E-state index contributed by atoms with van der Waals surface area (Å²) in [7, 11) is 0. The van der Waals surface area contributed by atoms with Gasteiger partial charge < -0.3 is 8.98 Å². The molecule has 4 nitrogen and oxygen atoms in total. The van der Waals surface area contributed by atoms with Crippen molar-refractivity contribution < 1.29 is 4.42 Å². The van der Waals surface area contributed by atoms with Crippen molar-refractivity contribution in [1.82, 2.24) is 9.55 Å². The molecule has 3 aromatic heterocycles.